The first-order chi connectivity index (χ1) is 9.96. The predicted molar refractivity (Wildman–Crippen MR) is 90.7 cm³/mol. The van der Waals surface area contributed by atoms with E-state index in [1.165, 1.54) is 18.3 Å². The Morgan fingerprint density at radius 2 is 1.77 bits per heavy atom. The van der Waals surface area contributed by atoms with Crippen LogP contribution in [-0.2, 0) is 5.92 Å². The molecular weight excluding hydrogens is 280 g/mol. The Bertz CT molecular complexity index is 611. The van der Waals surface area contributed by atoms with Crippen LogP contribution >= 0.6 is 0 Å². The third-order valence-corrected chi connectivity index (χ3v) is 3.79. The molecule has 0 heterocycles. The highest BCUT2D eigenvalue weighted by atomic mass is 19.3. The standard InChI is InChI=1S/C19H25F2N/c1-8-22-17(11-14(3)18(4,5)6)16-12-15(19(7,20)21)10-9-13(16)2/h8-12H,1H2,2-7H3/b14-11+,22-17?. The molecule has 0 unspecified atom stereocenters. The summed E-state index contributed by atoms with van der Waals surface area (Å²) in [6.45, 7) is 14.8. The van der Waals surface area contributed by atoms with Crippen molar-refractivity contribution in [3.63, 3.8) is 0 Å². The van der Waals surface area contributed by atoms with E-state index in [2.05, 4.69) is 32.3 Å². The van der Waals surface area contributed by atoms with Gasteiger partial charge in [-0.15, -0.1) is 0 Å². The summed E-state index contributed by atoms with van der Waals surface area (Å²) in [4.78, 5) is 4.29. The van der Waals surface area contributed by atoms with Gasteiger partial charge in [0.05, 0.1) is 5.71 Å². The molecule has 0 fully saturated rings. The van der Waals surface area contributed by atoms with Crippen molar-refractivity contribution in [2.24, 2.45) is 10.4 Å². The van der Waals surface area contributed by atoms with Gasteiger partial charge in [-0.05, 0) is 37.0 Å². The topological polar surface area (TPSA) is 12.4 Å². The normalized spacial score (nSPS) is 14.2. The van der Waals surface area contributed by atoms with Crippen LogP contribution in [0.5, 0.6) is 0 Å². The largest absolute Gasteiger partial charge is 0.270 e. The van der Waals surface area contributed by atoms with Crippen LogP contribution in [-0.4, -0.2) is 5.71 Å². The molecule has 0 aliphatic carbocycles. The van der Waals surface area contributed by atoms with Crippen molar-refractivity contribution in [1.29, 1.82) is 0 Å². The zero-order valence-corrected chi connectivity index (χ0v) is 14.3. The van der Waals surface area contributed by atoms with E-state index < -0.39 is 5.92 Å². The van der Waals surface area contributed by atoms with Crippen LogP contribution < -0.4 is 0 Å². The van der Waals surface area contributed by atoms with Crippen LogP contribution in [0.25, 0.3) is 0 Å². The maximum atomic E-state index is 13.6. The average molecular weight is 305 g/mol. The number of hydrogen-bond acceptors (Lipinski definition) is 1. The molecule has 0 radical (unpaired) electrons. The SMILES string of the molecule is C=CN=C(/C=C(\C)C(C)(C)C)c1cc(C(C)(F)F)ccc1C. The molecule has 0 atom stereocenters. The third-order valence-electron chi connectivity index (χ3n) is 3.79. The van der Waals surface area contributed by atoms with Crippen LogP contribution in [0.4, 0.5) is 8.78 Å². The number of aliphatic imine (C=N–C) groups is 1. The molecule has 0 aliphatic heterocycles. The number of alkyl halides is 2. The summed E-state index contributed by atoms with van der Waals surface area (Å²) in [6.07, 6.45) is 3.39. The fourth-order valence-corrected chi connectivity index (χ4v) is 1.88. The zero-order valence-electron chi connectivity index (χ0n) is 14.3. The van der Waals surface area contributed by atoms with Gasteiger partial charge in [-0.3, -0.25) is 4.99 Å². The lowest BCUT2D eigenvalue weighted by Crippen LogP contribution is -2.12. The van der Waals surface area contributed by atoms with Gasteiger partial charge in [0.2, 0.25) is 0 Å². The smallest absolute Gasteiger partial charge is 0.257 e. The molecule has 1 rings (SSSR count). The minimum Gasteiger partial charge on any atom is -0.257 e. The van der Waals surface area contributed by atoms with Crippen LogP contribution in [0.3, 0.4) is 0 Å². The molecular formula is C19H25F2N. The Morgan fingerprint density at radius 3 is 2.23 bits per heavy atom. The lowest BCUT2D eigenvalue weighted by atomic mass is 9.86. The van der Waals surface area contributed by atoms with Crippen molar-refractivity contribution in [2.45, 2.75) is 47.5 Å². The molecule has 22 heavy (non-hydrogen) atoms. The number of aryl methyl sites for hydroxylation is 1. The van der Waals surface area contributed by atoms with Gasteiger partial charge in [0.1, 0.15) is 0 Å². The lowest BCUT2D eigenvalue weighted by molar-refractivity contribution is 0.0174. The molecule has 0 saturated carbocycles. The number of hydrogen-bond donors (Lipinski definition) is 0. The van der Waals surface area contributed by atoms with E-state index in [1.807, 2.05) is 19.9 Å². The summed E-state index contributed by atoms with van der Waals surface area (Å²) in [5.41, 5.74) is 3.38. The van der Waals surface area contributed by atoms with Gasteiger partial charge in [-0.25, -0.2) is 8.78 Å². The minimum atomic E-state index is -2.87. The average Bonchev–Trinajstić information content (AvgIpc) is 2.36. The van der Waals surface area contributed by atoms with Crippen LogP contribution in [0.2, 0.25) is 0 Å². The highest BCUT2D eigenvalue weighted by Gasteiger charge is 2.25. The summed E-state index contributed by atoms with van der Waals surface area (Å²) < 4.78 is 27.2. The van der Waals surface area contributed by atoms with Gasteiger partial charge in [0.15, 0.2) is 0 Å². The Balaban J connectivity index is 3.47. The van der Waals surface area contributed by atoms with Gasteiger partial charge in [-0.1, -0.05) is 45.1 Å². The summed E-state index contributed by atoms with van der Waals surface area (Å²) in [5.74, 6) is -2.87. The molecule has 0 saturated heterocycles. The second-order valence-electron chi connectivity index (χ2n) is 6.69. The van der Waals surface area contributed by atoms with Crippen molar-refractivity contribution in [1.82, 2.24) is 0 Å². The van der Waals surface area contributed by atoms with Gasteiger partial charge < -0.3 is 0 Å². The maximum Gasteiger partial charge on any atom is 0.270 e. The summed E-state index contributed by atoms with van der Waals surface area (Å²) in [6, 6.07) is 4.69. The molecule has 1 aromatic carbocycles. The van der Waals surface area contributed by atoms with Crippen LogP contribution in [0, 0.1) is 12.3 Å². The summed E-state index contributed by atoms with van der Waals surface area (Å²) >= 11 is 0. The fraction of sp³-hybridized carbons (Fsp3) is 0.421. The van der Waals surface area contributed by atoms with Crippen molar-refractivity contribution in [3.8, 4) is 0 Å². The molecule has 0 aliphatic rings. The van der Waals surface area contributed by atoms with E-state index in [-0.39, 0.29) is 11.0 Å². The first kappa shape index (κ1) is 18.3. The number of rotatable bonds is 4. The number of halogens is 2. The van der Waals surface area contributed by atoms with Crippen molar-refractivity contribution in [3.05, 3.63) is 59.3 Å². The lowest BCUT2D eigenvalue weighted by Gasteiger charge is -2.20. The molecule has 0 aromatic heterocycles. The predicted octanol–water partition coefficient (Wildman–Crippen LogP) is 6.03. The quantitative estimate of drug-likeness (QED) is 0.602. The third kappa shape index (κ3) is 4.62. The highest BCUT2D eigenvalue weighted by Crippen LogP contribution is 2.30. The van der Waals surface area contributed by atoms with Crippen molar-refractivity contribution in [2.75, 3.05) is 0 Å². The Labute approximate surface area is 132 Å². The van der Waals surface area contributed by atoms with E-state index in [9.17, 15) is 8.78 Å². The molecule has 0 amide bonds. The van der Waals surface area contributed by atoms with Crippen LogP contribution in [0.1, 0.15) is 51.3 Å². The van der Waals surface area contributed by atoms with E-state index in [0.717, 1.165) is 18.1 Å². The van der Waals surface area contributed by atoms with Crippen molar-refractivity contribution < 1.29 is 8.78 Å². The first-order valence-electron chi connectivity index (χ1n) is 7.33. The van der Waals surface area contributed by atoms with Gasteiger partial charge in [-0.2, -0.15) is 0 Å². The molecule has 1 aromatic rings. The Hall–Kier alpha value is -1.77. The number of benzene rings is 1. The minimum absolute atomic E-state index is 0.00771. The molecule has 1 nitrogen and oxygen atoms in total. The molecule has 3 heteroatoms. The summed E-state index contributed by atoms with van der Waals surface area (Å²) in [5, 5.41) is 0. The molecule has 0 spiro atoms. The monoisotopic (exact) mass is 305 g/mol. The van der Waals surface area contributed by atoms with E-state index >= 15 is 0 Å². The summed E-state index contributed by atoms with van der Waals surface area (Å²) in [7, 11) is 0. The second-order valence-corrected chi connectivity index (χ2v) is 6.69. The first-order valence-corrected chi connectivity index (χ1v) is 7.33. The van der Waals surface area contributed by atoms with Gasteiger partial charge in [0.25, 0.3) is 5.92 Å². The van der Waals surface area contributed by atoms with Gasteiger partial charge in [0, 0.05) is 24.3 Å². The Morgan fingerprint density at radius 1 is 1.18 bits per heavy atom. The molecule has 0 N–H and O–H groups in total. The fourth-order valence-electron chi connectivity index (χ4n) is 1.88. The van der Waals surface area contributed by atoms with Crippen molar-refractivity contribution >= 4 is 5.71 Å². The Kier molecular flexibility index (Phi) is 5.44. The maximum absolute atomic E-state index is 13.6. The van der Waals surface area contributed by atoms with E-state index in [0.29, 0.717) is 11.3 Å². The second kappa shape index (κ2) is 6.55. The van der Waals surface area contributed by atoms with E-state index in [1.54, 1.807) is 6.07 Å². The van der Waals surface area contributed by atoms with Gasteiger partial charge >= 0.3 is 0 Å². The van der Waals surface area contributed by atoms with Crippen LogP contribution in [0.15, 0.2) is 47.6 Å². The number of nitrogens with zero attached hydrogens (tertiary/aromatic N) is 1. The van der Waals surface area contributed by atoms with E-state index in [4.69, 9.17) is 0 Å². The molecule has 0 bridgehead atoms. The number of allylic oxidation sites excluding steroid dienone is 2. The molecule has 120 valence electrons. The highest BCUT2D eigenvalue weighted by molar-refractivity contribution is 6.10. The zero-order chi connectivity index (χ0) is 17.1.